The van der Waals surface area contributed by atoms with Gasteiger partial charge in [0.05, 0.1) is 0 Å². The zero-order chi connectivity index (χ0) is 10.8. The van der Waals surface area contributed by atoms with Gasteiger partial charge in [-0.05, 0) is 25.5 Å². The van der Waals surface area contributed by atoms with Gasteiger partial charge in [-0.25, -0.2) is 4.98 Å². The summed E-state index contributed by atoms with van der Waals surface area (Å²) in [6.07, 6.45) is 5.53. The van der Waals surface area contributed by atoms with Crippen molar-refractivity contribution < 1.29 is 4.42 Å². The van der Waals surface area contributed by atoms with Crippen LogP contribution in [0.4, 0.5) is 0 Å². The van der Waals surface area contributed by atoms with Gasteiger partial charge in [0.1, 0.15) is 5.76 Å². The van der Waals surface area contributed by atoms with E-state index in [-0.39, 0.29) is 0 Å². The number of nitrogens with zero attached hydrogens (tertiary/aromatic N) is 2. The van der Waals surface area contributed by atoms with Crippen LogP contribution in [-0.2, 0) is 6.54 Å². The maximum absolute atomic E-state index is 5.63. The number of imidazole rings is 1. The molecule has 0 aliphatic carbocycles. The summed E-state index contributed by atoms with van der Waals surface area (Å²) < 4.78 is 7.63. The summed E-state index contributed by atoms with van der Waals surface area (Å²) in [5, 5.41) is 0. The Kier molecular flexibility index (Phi) is 2.46. The van der Waals surface area contributed by atoms with Crippen molar-refractivity contribution in [3.05, 3.63) is 42.4 Å². The quantitative estimate of drug-likeness (QED) is 0.716. The average Bonchev–Trinajstić information content (AvgIpc) is 2.76. The molecule has 0 spiro atoms. The highest BCUT2D eigenvalue weighted by molar-refractivity contribution is 5.50. The molecule has 2 aromatic heterocycles. The number of furan rings is 1. The fourth-order valence-electron chi connectivity index (χ4n) is 1.50. The van der Waals surface area contributed by atoms with E-state index in [1.165, 1.54) is 0 Å². The number of allylic oxidation sites excluding steroid dienone is 1. The Hall–Kier alpha value is -1.77. The minimum Gasteiger partial charge on any atom is -0.458 e. The molecule has 0 aliphatic heterocycles. The molecule has 0 atom stereocenters. The van der Waals surface area contributed by atoms with Crippen molar-refractivity contribution >= 4 is 0 Å². The van der Waals surface area contributed by atoms with Crippen molar-refractivity contribution in [3.8, 4) is 11.6 Å². The van der Waals surface area contributed by atoms with Crippen LogP contribution in [0.2, 0.25) is 0 Å². The molecule has 0 N–H and O–H groups in total. The highest BCUT2D eigenvalue weighted by atomic mass is 16.3. The van der Waals surface area contributed by atoms with Gasteiger partial charge in [0, 0.05) is 18.9 Å². The predicted octanol–water partition coefficient (Wildman–Crippen LogP) is 2.95. The van der Waals surface area contributed by atoms with E-state index >= 15 is 0 Å². The van der Waals surface area contributed by atoms with E-state index in [1.807, 2.05) is 36.8 Å². The second-order valence-electron chi connectivity index (χ2n) is 3.54. The Morgan fingerprint density at radius 1 is 1.53 bits per heavy atom. The van der Waals surface area contributed by atoms with E-state index in [9.17, 15) is 0 Å². The Labute approximate surface area is 89.1 Å². The van der Waals surface area contributed by atoms with Crippen molar-refractivity contribution in [1.29, 1.82) is 0 Å². The van der Waals surface area contributed by atoms with Crippen LogP contribution in [0.1, 0.15) is 11.3 Å². The fraction of sp³-hybridized carbons (Fsp3) is 0.250. The zero-order valence-corrected chi connectivity index (χ0v) is 9.03. The molecule has 0 unspecified atom stereocenters. The highest BCUT2D eigenvalue weighted by Gasteiger charge is 2.10. The zero-order valence-electron chi connectivity index (χ0n) is 9.03. The van der Waals surface area contributed by atoms with Crippen molar-refractivity contribution in [3.63, 3.8) is 0 Å². The van der Waals surface area contributed by atoms with Crippen LogP contribution in [0.25, 0.3) is 11.6 Å². The molecule has 0 amide bonds. The lowest BCUT2D eigenvalue weighted by Crippen LogP contribution is -1.95. The summed E-state index contributed by atoms with van der Waals surface area (Å²) in [7, 11) is 0. The molecule has 0 radical (unpaired) electrons. The van der Waals surface area contributed by atoms with Gasteiger partial charge in [-0.15, -0.1) is 6.58 Å². The lowest BCUT2D eigenvalue weighted by Gasteiger charge is -2.00. The van der Waals surface area contributed by atoms with E-state index in [0.29, 0.717) is 0 Å². The van der Waals surface area contributed by atoms with Crippen LogP contribution in [0.3, 0.4) is 0 Å². The maximum Gasteiger partial charge on any atom is 0.176 e. The van der Waals surface area contributed by atoms with Gasteiger partial charge in [-0.2, -0.15) is 0 Å². The first-order valence-electron chi connectivity index (χ1n) is 4.92. The SMILES string of the molecule is C=CCn1ccnc1-c1cc(C)c(C)o1. The fourth-order valence-corrected chi connectivity index (χ4v) is 1.50. The molecule has 2 aromatic rings. The predicted molar refractivity (Wildman–Crippen MR) is 59.6 cm³/mol. The van der Waals surface area contributed by atoms with Gasteiger partial charge in [0.25, 0.3) is 0 Å². The molecule has 15 heavy (non-hydrogen) atoms. The lowest BCUT2D eigenvalue weighted by molar-refractivity contribution is 0.538. The Morgan fingerprint density at radius 2 is 2.33 bits per heavy atom. The first-order chi connectivity index (χ1) is 7.22. The van der Waals surface area contributed by atoms with Crippen LogP contribution in [-0.4, -0.2) is 9.55 Å². The summed E-state index contributed by atoms with van der Waals surface area (Å²) in [4.78, 5) is 4.28. The van der Waals surface area contributed by atoms with Crippen molar-refractivity contribution in [2.24, 2.45) is 0 Å². The minimum atomic E-state index is 0.744. The molecule has 0 bridgehead atoms. The van der Waals surface area contributed by atoms with E-state index in [4.69, 9.17) is 4.42 Å². The van der Waals surface area contributed by atoms with Gasteiger partial charge in [0.15, 0.2) is 11.6 Å². The summed E-state index contributed by atoms with van der Waals surface area (Å²) in [5.41, 5.74) is 1.15. The molecule has 3 nitrogen and oxygen atoms in total. The Bertz CT molecular complexity index is 460. The Balaban J connectivity index is 2.44. The third kappa shape index (κ3) is 1.73. The normalized spacial score (nSPS) is 10.5. The molecular weight excluding hydrogens is 188 g/mol. The summed E-state index contributed by atoms with van der Waals surface area (Å²) >= 11 is 0. The van der Waals surface area contributed by atoms with Crippen LogP contribution in [0, 0.1) is 13.8 Å². The van der Waals surface area contributed by atoms with Crippen molar-refractivity contribution in [2.45, 2.75) is 20.4 Å². The molecule has 2 heterocycles. The third-order valence-corrected chi connectivity index (χ3v) is 2.43. The number of aromatic nitrogens is 2. The van der Waals surface area contributed by atoms with Crippen LogP contribution in [0.15, 0.2) is 35.5 Å². The third-order valence-electron chi connectivity index (χ3n) is 2.43. The van der Waals surface area contributed by atoms with Gasteiger partial charge in [-0.3, -0.25) is 0 Å². The van der Waals surface area contributed by atoms with Gasteiger partial charge < -0.3 is 8.98 Å². The summed E-state index contributed by atoms with van der Waals surface area (Å²) in [5.74, 6) is 2.61. The van der Waals surface area contributed by atoms with Gasteiger partial charge in [0.2, 0.25) is 0 Å². The first kappa shape index (κ1) is 9.77. The van der Waals surface area contributed by atoms with Gasteiger partial charge >= 0.3 is 0 Å². The standard InChI is InChI=1S/C12H14N2O/c1-4-6-14-7-5-13-12(14)11-8-9(2)10(3)15-11/h4-5,7-8H,1,6H2,2-3H3. The van der Waals surface area contributed by atoms with E-state index < -0.39 is 0 Å². The molecule has 0 aromatic carbocycles. The molecule has 2 rings (SSSR count). The second-order valence-corrected chi connectivity index (χ2v) is 3.54. The summed E-state index contributed by atoms with van der Waals surface area (Å²) in [6, 6.07) is 2.01. The van der Waals surface area contributed by atoms with E-state index in [2.05, 4.69) is 11.6 Å². The maximum atomic E-state index is 5.63. The second kappa shape index (κ2) is 3.77. The van der Waals surface area contributed by atoms with Crippen LogP contribution in [0.5, 0.6) is 0 Å². The molecule has 0 saturated heterocycles. The Morgan fingerprint density at radius 3 is 2.93 bits per heavy atom. The van der Waals surface area contributed by atoms with Gasteiger partial charge in [-0.1, -0.05) is 6.08 Å². The minimum absolute atomic E-state index is 0.744. The number of hydrogen-bond donors (Lipinski definition) is 0. The first-order valence-corrected chi connectivity index (χ1v) is 4.92. The lowest BCUT2D eigenvalue weighted by atomic mass is 10.3. The van der Waals surface area contributed by atoms with Crippen LogP contribution >= 0.6 is 0 Å². The average molecular weight is 202 g/mol. The topological polar surface area (TPSA) is 31.0 Å². The highest BCUT2D eigenvalue weighted by Crippen LogP contribution is 2.23. The van der Waals surface area contributed by atoms with Crippen molar-refractivity contribution in [2.75, 3.05) is 0 Å². The molecule has 3 heteroatoms. The van der Waals surface area contributed by atoms with Crippen molar-refractivity contribution in [1.82, 2.24) is 9.55 Å². The molecular formula is C12H14N2O. The van der Waals surface area contributed by atoms with E-state index in [0.717, 1.165) is 29.5 Å². The summed E-state index contributed by atoms with van der Waals surface area (Å²) in [6.45, 7) is 8.45. The molecule has 0 saturated carbocycles. The monoisotopic (exact) mass is 202 g/mol. The van der Waals surface area contributed by atoms with E-state index in [1.54, 1.807) is 6.20 Å². The molecule has 78 valence electrons. The van der Waals surface area contributed by atoms with Crippen LogP contribution < -0.4 is 0 Å². The number of hydrogen-bond acceptors (Lipinski definition) is 2. The smallest absolute Gasteiger partial charge is 0.176 e. The largest absolute Gasteiger partial charge is 0.458 e. The number of rotatable bonds is 3. The molecule has 0 fully saturated rings. The molecule has 0 aliphatic rings. The number of aryl methyl sites for hydroxylation is 2.